The number of carbonyl (C=O) groups excluding carboxylic acids is 1. The van der Waals surface area contributed by atoms with E-state index in [1.165, 1.54) is 30.9 Å². The fourth-order valence-corrected chi connectivity index (χ4v) is 1.61. The molecular formula is C11H8BrN3O2. The number of amides is 1. The Balaban J connectivity index is 2.21. The molecule has 1 heterocycles. The molecule has 2 rings (SSSR count). The fourth-order valence-electron chi connectivity index (χ4n) is 1.26. The third kappa shape index (κ3) is 2.79. The highest BCUT2D eigenvalue weighted by Gasteiger charge is 2.11. The fraction of sp³-hybridized carbons (Fsp3) is 0. The Morgan fingerprint density at radius 2 is 2.00 bits per heavy atom. The van der Waals surface area contributed by atoms with Crippen LogP contribution in [0.1, 0.15) is 10.4 Å². The number of phenols is 1. The summed E-state index contributed by atoms with van der Waals surface area (Å²) in [5, 5.41) is 12.2. The molecule has 1 aromatic carbocycles. The summed E-state index contributed by atoms with van der Waals surface area (Å²) in [5.74, 6) is -0.501. The first-order valence-corrected chi connectivity index (χ1v) is 5.51. The Labute approximate surface area is 106 Å². The average molecular weight is 294 g/mol. The van der Waals surface area contributed by atoms with E-state index >= 15 is 0 Å². The topological polar surface area (TPSA) is 75.1 Å². The van der Waals surface area contributed by atoms with Crippen molar-refractivity contribution in [3.05, 3.63) is 47.0 Å². The lowest BCUT2D eigenvalue weighted by atomic mass is 10.2. The summed E-state index contributed by atoms with van der Waals surface area (Å²) in [7, 11) is 0. The number of phenolic OH excluding ortho intramolecular Hbond substituents is 1. The van der Waals surface area contributed by atoms with E-state index in [-0.39, 0.29) is 11.3 Å². The molecule has 0 fully saturated rings. The number of aromatic hydroxyl groups is 1. The molecule has 0 saturated carbocycles. The van der Waals surface area contributed by atoms with Crippen molar-refractivity contribution in [2.45, 2.75) is 0 Å². The largest absolute Gasteiger partial charge is 0.507 e. The van der Waals surface area contributed by atoms with Gasteiger partial charge < -0.3 is 10.4 Å². The van der Waals surface area contributed by atoms with Crippen molar-refractivity contribution in [3.8, 4) is 5.75 Å². The predicted octanol–water partition coefficient (Wildman–Crippen LogP) is 2.20. The maximum Gasteiger partial charge on any atom is 0.259 e. The highest BCUT2D eigenvalue weighted by Crippen LogP contribution is 2.22. The van der Waals surface area contributed by atoms with Gasteiger partial charge in [0.2, 0.25) is 0 Å². The van der Waals surface area contributed by atoms with Gasteiger partial charge in [-0.2, -0.15) is 0 Å². The van der Waals surface area contributed by atoms with Crippen LogP contribution < -0.4 is 5.32 Å². The summed E-state index contributed by atoms with van der Waals surface area (Å²) in [5.41, 5.74) is 0.664. The molecule has 2 aromatic rings. The molecule has 0 atom stereocenters. The second kappa shape index (κ2) is 4.92. The number of nitrogens with one attached hydrogen (secondary N) is 1. The maximum atomic E-state index is 11.8. The summed E-state index contributed by atoms with van der Waals surface area (Å²) >= 11 is 3.20. The van der Waals surface area contributed by atoms with Crippen LogP contribution >= 0.6 is 15.9 Å². The van der Waals surface area contributed by atoms with Gasteiger partial charge in [-0.15, -0.1) is 0 Å². The number of aromatic nitrogens is 2. The summed E-state index contributed by atoms with van der Waals surface area (Å²) in [6.45, 7) is 0. The lowest BCUT2D eigenvalue weighted by Gasteiger charge is -2.06. The van der Waals surface area contributed by atoms with E-state index in [2.05, 4.69) is 31.2 Å². The number of carbonyl (C=O) groups is 1. The van der Waals surface area contributed by atoms with Crippen molar-refractivity contribution in [3.63, 3.8) is 0 Å². The van der Waals surface area contributed by atoms with Crippen LogP contribution in [0.2, 0.25) is 0 Å². The lowest BCUT2D eigenvalue weighted by Crippen LogP contribution is -2.12. The van der Waals surface area contributed by atoms with Gasteiger partial charge in [-0.1, -0.05) is 15.9 Å². The van der Waals surface area contributed by atoms with Crippen LogP contribution in [0.5, 0.6) is 5.75 Å². The molecular weight excluding hydrogens is 286 g/mol. The van der Waals surface area contributed by atoms with E-state index in [0.29, 0.717) is 10.2 Å². The Morgan fingerprint density at radius 3 is 2.65 bits per heavy atom. The summed E-state index contributed by atoms with van der Waals surface area (Å²) in [6, 6.07) is 4.66. The summed E-state index contributed by atoms with van der Waals surface area (Å²) in [6.07, 6.45) is 4.31. The van der Waals surface area contributed by atoms with Crippen molar-refractivity contribution in [1.82, 2.24) is 9.97 Å². The van der Waals surface area contributed by atoms with Crippen LogP contribution in [0.3, 0.4) is 0 Å². The van der Waals surface area contributed by atoms with Crippen LogP contribution in [-0.2, 0) is 0 Å². The van der Waals surface area contributed by atoms with Gasteiger partial charge >= 0.3 is 0 Å². The second-order valence-corrected chi connectivity index (χ2v) is 4.16. The second-order valence-electron chi connectivity index (χ2n) is 3.24. The molecule has 5 nitrogen and oxygen atoms in total. The third-order valence-corrected chi connectivity index (χ3v) is 2.52. The predicted molar refractivity (Wildman–Crippen MR) is 65.8 cm³/mol. The smallest absolute Gasteiger partial charge is 0.259 e. The molecule has 0 spiro atoms. The van der Waals surface area contributed by atoms with Crippen LogP contribution in [0.25, 0.3) is 0 Å². The van der Waals surface area contributed by atoms with Gasteiger partial charge in [-0.3, -0.25) is 4.79 Å². The first-order chi connectivity index (χ1) is 8.16. The Kier molecular flexibility index (Phi) is 3.34. The normalized spacial score (nSPS) is 9.94. The number of hydrogen-bond acceptors (Lipinski definition) is 4. The van der Waals surface area contributed by atoms with Crippen LogP contribution in [0.15, 0.2) is 41.4 Å². The summed E-state index contributed by atoms with van der Waals surface area (Å²) < 4.78 is 0.703. The van der Waals surface area contributed by atoms with E-state index in [0.717, 1.165) is 0 Å². The van der Waals surface area contributed by atoms with E-state index in [9.17, 15) is 9.90 Å². The zero-order valence-electron chi connectivity index (χ0n) is 8.59. The molecule has 1 amide bonds. The number of anilines is 1. The standard InChI is InChI=1S/C11H8BrN3O2/c12-7-1-2-9(10(16)3-7)11(17)15-8-4-13-6-14-5-8/h1-6,16H,(H,15,17). The number of rotatable bonds is 2. The molecule has 1 aromatic heterocycles. The van der Waals surface area contributed by atoms with Gasteiger partial charge in [0.05, 0.1) is 23.6 Å². The first kappa shape index (κ1) is 11.5. The zero-order chi connectivity index (χ0) is 12.3. The minimum absolute atomic E-state index is 0.0891. The van der Waals surface area contributed by atoms with E-state index in [1.54, 1.807) is 6.07 Å². The van der Waals surface area contributed by atoms with Gasteiger partial charge in [-0.25, -0.2) is 9.97 Å². The quantitative estimate of drug-likeness (QED) is 0.890. The van der Waals surface area contributed by atoms with E-state index in [1.807, 2.05) is 0 Å². The lowest BCUT2D eigenvalue weighted by molar-refractivity contribution is 0.102. The zero-order valence-corrected chi connectivity index (χ0v) is 10.2. The average Bonchev–Trinajstić information content (AvgIpc) is 2.30. The molecule has 6 heteroatoms. The van der Waals surface area contributed by atoms with Crippen molar-refractivity contribution >= 4 is 27.5 Å². The Hall–Kier alpha value is -1.95. The number of halogens is 1. The molecule has 0 saturated heterocycles. The van der Waals surface area contributed by atoms with Crippen LogP contribution in [0, 0.1) is 0 Å². The number of hydrogen-bond donors (Lipinski definition) is 2. The van der Waals surface area contributed by atoms with Gasteiger partial charge in [0.15, 0.2) is 0 Å². The van der Waals surface area contributed by atoms with Gasteiger partial charge in [0.1, 0.15) is 12.1 Å². The van der Waals surface area contributed by atoms with Crippen molar-refractivity contribution in [2.24, 2.45) is 0 Å². The van der Waals surface area contributed by atoms with Crippen LogP contribution in [-0.4, -0.2) is 21.0 Å². The molecule has 0 aliphatic carbocycles. The maximum absolute atomic E-state index is 11.8. The molecule has 2 N–H and O–H groups in total. The minimum atomic E-state index is -0.412. The third-order valence-electron chi connectivity index (χ3n) is 2.02. The Morgan fingerprint density at radius 1 is 1.29 bits per heavy atom. The van der Waals surface area contributed by atoms with Crippen LogP contribution in [0.4, 0.5) is 5.69 Å². The number of nitrogens with zero attached hydrogens (tertiary/aromatic N) is 2. The molecule has 0 aliphatic rings. The Bertz CT molecular complexity index is 546. The molecule has 0 bridgehead atoms. The molecule has 86 valence electrons. The SMILES string of the molecule is O=C(Nc1cncnc1)c1ccc(Br)cc1O. The van der Waals surface area contributed by atoms with Gasteiger partial charge in [-0.05, 0) is 18.2 Å². The highest BCUT2D eigenvalue weighted by atomic mass is 79.9. The molecule has 0 unspecified atom stereocenters. The van der Waals surface area contributed by atoms with Crippen molar-refractivity contribution < 1.29 is 9.90 Å². The molecule has 17 heavy (non-hydrogen) atoms. The molecule has 0 aliphatic heterocycles. The van der Waals surface area contributed by atoms with Crippen molar-refractivity contribution in [1.29, 1.82) is 0 Å². The number of benzene rings is 1. The van der Waals surface area contributed by atoms with Gasteiger partial charge in [0, 0.05) is 4.47 Å². The monoisotopic (exact) mass is 293 g/mol. The molecule has 0 radical (unpaired) electrons. The van der Waals surface area contributed by atoms with E-state index in [4.69, 9.17) is 0 Å². The minimum Gasteiger partial charge on any atom is -0.507 e. The van der Waals surface area contributed by atoms with E-state index < -0.39 is 5.91 Å². The highest BCUT2D eigenvalue weighted by molar-refractivity contribution is 9.10. The van der Waals surface area contributed by atoms with Crippen molar-refractivity contribution in [2.75, 3.05) is 5.32 Å². The van der Waals surface area contributed by atoms with Gasteiger partial charge in [0.25, 0.3) is 5.91 Å². The summed E-state index contributed by atoms with van der Waals surface area (Å²) in [4.78, 5) is 19.3. The first-order valence-electron chi connectivity index (χ1n) is 4.71.